The van der Waals surface area contributed by atoms with E-state index in [1.54, 1.807) is 30.1 Å². The van der Waals surface area contributed by atoms with Gasteiger partial charge < -0.3 is 16.0 Å². The van der Waals surface area contributed by atoms with E-state index in [0.717, 1.165) is 31.5 Å². The number of unbranched alkanes of at least 4 members (excludes halogenated alkanes) is 2. The molecule has 4 rings (SSSR count). The summed E-state index contributed by atoms with van der Waals surface area (Å²) < 4.78 is 1.28. The second-order valence-corrected chi connectivity index (χ2v) is 9.64. The van der Waals surface area contributed by atoms with Crippen molar-refractivity contribution in [1.29, 1.82) is 0 Å². The zero-order chi connectivity index (χ0) is 22.3. The van der Waals surface area contributed by atoms with Crippen molar-refractivity contribution in [3.8, 4) is 0 Å². The average Bonchev–Trinajstić information content (AvgIpc) is 3.58. The smallest absolute Gasteiger partial charge is 0.263 e. The summed E-state index contributed by atoms with van der Waals surface area (Å²) in [6, 6.07) is 8.57. The molecule has 0 spiro atoms. The fourth-order valence-corrected chi connectivity index (χ4v) is 5.13. The molecule has 2 aromatic heterocycles. The number of amides is 2. The van der Waals surface area contributed by atoms with Crippen LogP contribution in [0.15, 0.2) is 46.3 Å². The van der Waals surface area contributed by atoms with Gasteiger partial charge in [-0.15, -0.1) is 22.7 Å². The molecule has 2 atom stereocenters. The largest absolute Gasteiger partial charge is 0.363 e. The highest BCUT2D eigenvalue weighted by molar-refractivity contribution is 7.17. The lowest BCUT2D eigenvalue weighted by Gasteiger charge is -2.21. The summed E-state index contributed by atoms with van der Waals surface area (Å²) in [5.41, 5.74) is 2.86. The number of carbonyl (C=O) groups is 2. The molecule has 1 aromatic carbocycles. The normalized spacial score (nSPS) is 16.4. The van der Waals surface area contributed by atoms with E-state index < -0.39 is 0 Å². The monoisotopic (exact) mass is 469 g/mol. The van der Waals surface area contributed by atoms with Crippen molar-refractivity contribution in [3.63, 3.8) is 0 Å². The molecule has 9 heteroatoms. The average molecular weight is 470 g/mol. The number of aromatic nitrogens is 1. The predicted octanol–water partition coefficient (Wildman–Crippen LogP) is 3.90. The molecular weight excluding hydrogens is 442 g/mol. The van der Waals surface area contributed by atoms with Crippen LogP contribution in [0.3, 0.4) is 0 Å². The van der Waals surface area contributed by atoms with Crippen molar-refractivity contribution < 1.29 is 9.59 Å². The van der Waals surface area contributed by atoms with Crippen molar-refractivity contribution in [1.82, 2.24) is 20.9 Å². The molecule has 0 bridgehead atoms. The van der Waals surface area contributed by atoms with Gasteiger partial charge in [0.25, 0.3) is 5.91 Å². The molecule has 3 N–H and O–H groups in total. The van der Waals surface area contributed by atoms with Crippen molar-refractivity contribution in [3.05, 3.63) is 51.8 Å². The zero-order valence-electron chi connectivity index (χ0n) is 18.0. The lowest BCUT2D eigenvalue weighted by Crippen LogP contribution is -2.45. The molecule has 2 amide bonds. The van der Waals surface area contributed by atoms with Crippen LogP contribution in [-0.2, 0) is 4.79 Å². The van der Waals surface area contributed by atoms with Gasteiger partial charge in [-0.3, -0.25) is 19.6 Å². The Morgan fingerprint density at radius 2 is 2.12 bits per heavy atom. The SMILES string of the molecule is CNC(=O)CCCCC[C@H](NC(=O)c1cncs1)C1=NCC(c2ccc3sccc3c2)N1. The molecule has 3 heterocycles. The Bertz CT molecular complexity index is 1090. The number of rotatable bonds is 10. The summed E-state index contributed by atoms with van der Waals surface area (Å²) in [4.78, 5) is 33.5. The Balaban J connectivity index is 1.39. The number of nitrogens with one attached hydrogen (secondary N) is 3. The van der Waals surface area contributed by atoms with E-state index in [4.69, 9.17) is 4.99 Å². The van der Waals surface area contributed by atoms with Gasteiger partial charge in [0.05, 0.1) is 30.3 Å². The molecule has 0 fully saturated rings. The van der Waals surface area contributed by atoms with Crippen LogP contribution in [0.5, 0.6) is 0 Å². The van der Waals surface area contributed by atoms with E-state index in [2.05, 4.69) is 50.6 Å². The number of benzene rings is 1. The Labute approximate surface area is 195 Å². The van der Waals surface area contributed by atoms with E-state index in [0.29, 0.717) is 17.8 Å². The lowest BCUT2D eigenvalue weighted by atomic mass is 10.0. The predicted molar refractivity (Wildman–Crippen MR) is 131 cm³/mol. The van der Waals surface area contributed by atoms with E-state index in [1.165, 1.54) is 27.0 Å². The number of hydrogen-bond acceptors (Lipinski definition) is 7. The van der Waals surface area contributed by atoms with Crippen LogP contribution >= 0.6 is 22.7 Å². The van der Waals surface area contributed by atoms with Crippen molar-refractivity contribution >= 4 is 50.4 Å². The molecule has 7 nitrogen and oxygen atoms in total. The number of hydrogen-bond donors (Lipinski definition) is 3. The minimum Gasteiger partial charge on any atom is -0.363 e. The molecule has 0 radical (unpaired) electrons. The van der Waals surface area contributed by atoms with E-state index >= 15 is 0 Å². The lowest BCUT2D eigenvalue weighted by molar-refractivity contribution is -0.120. The Hall–Kier alpha value is -2.78. The first kappa shape index (κ1) is 22.4. The van der Waals surface area contributed by atoms with Gasteiger partial charge in [0, 0.05) is 18.2 Å². The molecule has 1 unspecified atom stereocenters. The summed E-state index contributed by atoms with van der Waals surface area (Å²) in [6.45, 7) is 0.647. The van der Waals surface area contributed by atoms with E-state index in [9.17, 15) is 9.59 Å². The van der Waals surface area contributed by atoms with Gasteiger partial charge in [-0.25, -0.2) is 0 Å². The first-order valence-corrected chi connectivity index (χ1v) is 12.6. The number of carbonyl (C=O) groups excluding carboxylic acids is 2. The standard InChI is InChI=1S/C23H27N5O2S2/c1-24-21(29)6-4-2-3-5-17(28-23(30)20-13-25-14-32-20)22-26-12-18(27-22)15-7-8-19-16(11-15)9-10-31-19/h7-11,13-14,17-18H,2-6,12H2,1H3,(H,24,29)(H,26,27)(H,28,30)/t17-,18?/m0/s1. The highest BCUT2D eigenvalue weighted by Gasteiger charge is 2.27. The molecular formula is C23H27N5O2S2. The fourth-order valence-electron chi connectivity index (χ4n) is 3.83. The van der Waals surface area contributed by atoms with Crippen LogP contribution in [0.25, 0.3) is 10.1 Å². The maximum atomic E-state index is 12.7. The third-order valence-corrected chi connectivity index (χ3v) is 7.28. The molecule has 168 valence electrons. The third-order valence-electron chi connectivity index (χ3n) is 5.61. The molecule has 1 aliphatic rings. The number of fused-ring (bicyclic) bond motifs is 1. The van der Waals surface area contributed by atoms with Crippen LogP contribution in [-0.4, -0.2) is 42.3 Å². The topological polar surface area (TPSA) is 95.5 Å². The van der Waals surface area contributed by atoms with Crippen LogP contribution < -0.4 is 16.0 Å². The molecule has 3 aromatic rings. The quantitative estimate of drug-likeness (QED) is 0.393. The summed E-state index contributed by atoms with van der Waals surface area (Å²) in [5, 5.41) is 12.7. The van der Waals surface area contributed by atoms with Gasteiger partial charge in [0.1, 0.15) is 10.7 Å². The Morgan fingerprint density at radius 1 is 1.22 bits per heavy atom. The van der Waals surface area contributed by atoms with Crippen molar-refractivity contribution in [2.75, 3.05) is 13.6 Å². The highest BCUT2D eigenvalue weighted by Crippen LogP contribution is 2.26. The van der Waals surface area contributed by atoms with Crippen molar-refractivity contribution in [2.24, 2.45) is 4.99 Å². The van der Waals surface area contributed by atoms with Crippen LogP contribution in [0.2, 0.25) is 0 Å². The van der Waals surface area contributed by atoms with Crippen LogP contribution in [0, 0.1) is 0 Å². The summed E-state index contributed by atoms with van der Waals surface area (Å²) >= 11 is 3.07. The minimum absolute atomic E-state index is 0.0623. The first-order valence-electron chi connectivity index (χ1n) is 10.8. The maximum absolute atomic E-state index is 12.7. The fraction of sp³-hybridized carbons (Fsp3) is 0.391. The third kappa shape index (κ3) is 5.52. The summed E-state index contributed by atoms with van der Waals surface area (Å²) in [7, 11) is 1.66. The molecule has 32 heavy (non-hydrogen) atoms. The number of amidine groups is 1. The van der Waals surface area contributed by atoms with Crippen molar-refractivity contribution in [2.45, 2.75) is 44.2 Å². The molecule has 0 saturated heterocycles. The Kier molecular flexibility index (Phi) is 7.49. The van der Waals surface area contributed by atoms with Gasteiger partial charge in [-0.2, -0.15) is 0 Å². The second-order valence-electron chi connectivity index (χ2n) is 7.80. The molecule has 0 saturated carbocycles. The highest BCUT2D eigenvalue weighted by atomic mass is 32.1. The molecule has 1 aliphatic heterocycles. The Morgan fingerprint density at radius 3 is 2.94 bits per heavy atom. The zero-order valence-corrected chi connectivity index (χ0v) is 19.6. The maximum Gasteiger partial charge on any atom is 0.263 e. The number of aliphatic imine (C=N–C) groups is 1. The molecule has 0 aliphatic carbocycles. The number of thiazole rings is 1. The number of thiophene rings is 1. The van der Waals surface area contributed by atoms with Gasteiger partial charge >= 0.3 is 0 Å². The van der Waals surface area contributed by atoms with Crippen LogP contribution in [0.1, 0.15) is 53.4 Å². The first-order chi connectivity index (χ1) is 15.6. The van der Waals surface area contributed by atoms with Gasteiger partial charge in [0.2, 0.25) is 5.91 Å². The van der Waals surface area contributed by atoms with Gasteiger partial charge in [-0.1, -0.05) is 18.9 Å². The summed E-state index contributed by atoms with van der Waals surface area (Å²) in [5.74, 6) is 0.757. The number of nitrogens with zero attached hydrogens (tertiary/aromatic N) is 2. The summed E-state index contributed by atoms with van der Waals surface area (Å²) in [6.07, 6.45) is 5.53. The van der Waals surface area contributed by atoms with Gasteiger partial charge in [-0.05, 0) is 47.4 Å². The van der Waals surface area contributed by atoms with E-state index in [-0.39, 0.29) is 23.9 Å². The second kappa shape index (κ2) is 10.7. The van der Waals surface area contributed by atoms with Crippen LogP contribution in [0.4, 0.5) is 0 Å². The minimum atomic E-state index is -0.195. The van der Waals surface area contributed by atoms with E-state index in [1.807, 2.05) is 0 Å². The van der Waals surface area contributed by atoms with Gasteiger partial charge in [0.15, 0.2) is 0 Å².